The molecule has 0 atom stereocenters. The Morgan fingerprint density at radius 1 is 1.21 bits per heavy atom. The van der Waals surface area contributed by atoms with Crippen molar-refractivity contribution in [1.82, 2.24) is 0 Å². The number of hydrogen-bond donors (Lipinski definition) is 1. The molecule has 0 amide bonds. The summed E-state index contributed by atoms with van der Waals surface area (Å²) in [6.45, 7) is 10.1. The molecule has 3 heteroatoms. The molecule has 0 heterocycles. The Kier molecular flexibility index (Phi) is 4.99. The Bertz CT molecular complexity index is 192. The highest BCUT2D eigenvalue weighted by atomic mass is 32.2. The van der Waals surface area contributed by atoms with Gasteiger partial charge in [-0.15, -0.1) is 0 Å². The molecule has 0 spiro atoms. The molecule has 0 aliphatic heterocycles. The standard InChI is InChI=1S/C11H22O2S/c1-10(2,3)14-8-6-7-11(4,5)9(12)13/h6-8H2,1-5H3,(H,12,13). The lowest BCUT2D eigenvalue weighted by atomic mass is 9.88. The SMILES string of the molecule is CC(C)(C)SCCCC(C)(C)C(=O)O. The zero-order chi connectivity index (χ0) is 11.4. The van der Waals surface area contributed by atoms with Gasteiger partial charge >= 0.3 is 5.97 Å². The number of carboxylic acids is 1. The number of carboxylic acid groups (broad SMARTS) is 1. The van der Waals surface area contributed by atoms with Crippen LogP contribution in [0, 0.1) is 5.41 Å². The minimum absolute atomic E-state index is 0.285. The van der Waals surface area contributed by atoms with Crippen molar-refractivity contribution in [2.45, 2.75) is 52.2 Å². The van der Waals surface area contributed by atoms with Gasteiger partial charge in [0.05, 0.1) is 5.41 Å². The molecule has 0 saturated carbocycles. The molecule has 0 fully saturated rings. The largest absolute Gasteiger partial charge is 0.481 e. The highest BCUT2D eigenvalue weighted by Crippen LogP contribution is 2.28. The maximum Gasteiger partial charge on any atom is 0.309 e. The molecule has 0 aromatic rings. The number of carbonyl (C=O) groups is 1. The second-order valence-corrected chi connectivity index (χ2v) is 7.18. The van der Waals surface area contributed by atoms with Gasteiger partial charge in [-0.25, -0.2) is 0 Å². The van der Waals surface area contributed by atoms with Gasteiger partial charge in [-0.2, -0.15) is 11.8 Å². The Hall–Kier alpha value is -0.180. The molecule has 0 aliphatic rings. The molecule has 0 aliphatic carbocycles. The van der Waals surface area contributed by atoms with Gasteiger partial charge in [0, 0.05) is 4.75 Å². The average molecular weight is 218 g/mol. The van der Waals surface area contributed by atoms with Crippen molar-refractivity contribution in [2.24, 2.45) is 5.41 Å². The molecule has 0 aromatic carbocycles. The summed E-state index contributed by atoms with van der Waals surface area (Å²) in [6.07, 6.45) is 1.73. The van der Waals surface area contributed by atoms with Crippen molar-refractivity contribution in [3.8, 4) is 0 Å². The van der Waals surface area contributed by atoms with E-state index in [2.05, 4.69) is 20.8 Å². The zero-order valence-corrected chi connectivity index (χ0v) is 10.7. The summed E-state index contributed by atoms with van der Waals surface area (Å²) in [7, 11) is 0. The maximum absolute atomic E-state index is 10.8. The van der Waals surface area contributed by atoms with Gasteiger partial charge in [0.25, 0.3) is 0 Å². The lowest BCUT2D eigenvalue weighted by Gasteiger charge is -2.21. The minimum atomic E-state index is -0.696. The van der Waals surface area contributed by atoms with Crippen molar-refractivity contribution < 1.29 is 9.90 Å². The Morgan fingerprint density at radius 3 is 2.07 bits per heavy atom. The van der Waals surface area contributed by atoms with E-state index in [4.69, 9.17) is 5.11 Å². The summed E-state index contributed by atoms with van der Waals surface area (Å²) in [5, 5.41) is 8.89. The fraction of sp³-hybridized carbons (Fsp3) is 0.909. The second-order valence-electron chi connectivity index (χ2n) is 5.25. The first-order chi connectivity index (χ1) is 6.15. The van der Waals surface area contributed by atoms with E-state index in [1.807, 2.05) is 11.8 Å². The lowest BCUT2D eigenvalue weighted by Crippen LogP contribution is -2.23. The van der Waals surface area contributed by atoms with Crippen LogP contribution in [0.5, 0.6) is 0 Å². The summed E-state index contributed by atoms with van der Waals surface area (Å²) in [5.74, 6) is 0.346. The number of thioether (sulfide) groups is 1. The quantitative estimate of drug-likeness (QED) is 0.718. The molecule has 1 N–H and O–H groups in total. The second kappa shape index (κ2) is 5.06. The molecule has 0 bridgehead atoms. The average Bonchev–Trinajstić information content (AvgIpc) is 1.96. The van der Waals surface area contributed by atoms with E-state index >= 15 is 0 Å². The van der Waals surface area contributed by atoms with E-state index in [1.54, 1.807) is 13.8 Å². The Balaban J connectivity index is 3.70. The molecule has 14 heavy (non-hydrogen) atoms. The van der Waals surface area contributed by atoms with E-state index in [0.29, 0.717) is 0 Å². The van der Waals surface area contributed by atoms with Crippen LogP contribution in [-0.2, 0) is 4.79 Å². The van der Waals surface area contributed by atoms with Crippen molar-refractivity contribution >= 4 is 17.7 Å². The van der Waals surface area contributed by atoms with E-state index in [-0.39, 0.29) is 4.75 Å². The van der Waals surface area contributed by atoms with Crippen LogP contribution in [0.1, 0.15) is 47.5 Å². The van der Waals surface area contributed by atoms with E-state index in [0.717, 1.165) is 18.6 Å². The lowest BCUT2D eigenvalue weighted by molar-refractivity contribution is -0.147. The fourth-order valence-electron chi connectivity index (χ4n) is 0.999. The van der Waals surface area contributed by atoms with E-state index < -0.39 is 11.4 Å². The maximum atomic E-state index is 10.8. The third-order valence-electron chi connectivity index (χ3n) is 2.06. The third-order valence-corrected chi connectivity index (χ3v) is 3.42. The van der Waals surface area contributed by atoms with Gasteiger partial charge in [-0.3, -0.25) is 4.79 Å². The van der Waals surface area contributed by atoms with Gasteiger partial charge in [0.1, 0.15) is 0 Å². The van der Waals surface area contributed by atoms with Crippen LogP contribution in [0.15, 0.2) is 0 Å². The first-order valence-corrected chi connectivity index (χ1v) is 6.01. The van der Waals surface area contributed by atoms with Gasteiger partial charge in [-0.05, 0) is 32.4 Å². The fourth-order valence-corrected chi connectivity index (χ4v) is 1.90. The number of hydrogen-bond acceptors (Lipinski definition) is 2. The highest BCUT2D eigenvalue weighted by Gasteiger charge is 2.26. The molecule has 0 rings (SSSR count). The molecule has 0 aromatic heterocycles. The Labute approximate surface area is 91.5 Å². The molecule has 2 nitrogen and oxygen atoms in total. The first kappa shape index (κ1) is 13.8. The normalized spacial score (nSPS) is 12.9. The van der Waals surface area contributed by atoms with Gasteiger partial charge in [0.15, 0.2) is 0 Å². The number of rotatable bonds is 5. The highest BCUT2D eigenvalue weighted by molar-refractivity contribution is 8.00. The first-order valence-electron chi connectivity index (χ1n) is 5.02. The topological polar surface area (TPSA) is 37.3 Å². The van der Waals surface area contributed by atoms with Gasteiger partial charge in [0.2, 0.25) is 0 Å². The molecule has 0 saturated heterocycles. The van der Waals surface area contributed by atoms with E-state index in [1.165, 1.54) is 0 Å². The van der Waals surface area contributed by atoms with Crippen molar-refractivity contribution in [1.29, 1.82) is 0 Å². The van der Waals surface area contributed by atoms with Crippen LogP contribution in [-0.4, -0.2) is 21.6 Å². The van der Waals surface area contributed by atoms with Crippen LogP contribution in [0.4, 0.5) is 0 Å². The smallest absolute Gasteiger partial charge is 0.309 e. The predicted molar refractivity (Wildman–Crippen MR) is 62.9 cm³/mol. The molecule has 0 radical (unpaired) electrons. The molecule has 84 valence electrons. The zero-order valence-electron chi connectivity index (χ0n) is 9.89. The van der Waals surface area contributed by atoms with Crippen LogP contribution >= 0.6 is 11.8 Å². The van der Waals surface area contributed by atoms with Crippen LogP contribution in [0.2, 0.25) is 0 Å². The summed E-state index contributed by atoms with van der Waals surface area (Å²) in [5.41, 5.74) is -0.571. The Morgan fingerprint density at radius 2 is 1.71 bits per heavy atom. The van der Waals surface area contributed by atoms with Crippen molar-refractivity contribution in [3.63, 3.8) is 0 Å². The number of aliphatic carboxylic acids is 1. The summed E-state index contributed by atoms with van der Waals surface area (Å²) >= 11 is 1.89. The summed E-state index contributed by atoms with van der Waals surface area (Å²) in [4.78, 5) is 10.8. The summed E-state index contributed by atoms with van der Waals surface area (Å²) < 4.78 is 0.285. The van der Waals surface area contributed by atoms with Gasteiger partial charge in [-0.1, -0.05) is 20.8 Å². The minimum Gasteiger partial charge on any atom is -0.481 e. The third kappa shape index (κ3) is 6.30. The van der Waals surface area contributed by atoms with Crippen molar-refractivity contribution in [2.75, 3.05) is 5.75 Å². The predicted octanol–water partition coefficient (Wildman–Crippen LogP) is 3.41. The monoisotopic (exact) mass is 218 g/mol. The van der Waals surface area contributed by atoms with Gasteiger partial charge < -0.3 is 5.11 Å². The van der Waals surface area contributed by atoms with Crippen LogP contribution in [0.3, 0.4) is 0 Å². The van der Waals surface area contributed by atoms with Crippen LogP contribution < -0.4 is 0 Å². The van der Waals surface area contributed by atoms with E-state index in [9.17, 15) is 4.79 Å². The molecular weight excluding hydrogens is 196 g/mol. The van der Waals surface area contributed by atoms with Crippen molar-refractivity contribution in [3.05, 3.63) is 0 Å². The molecular formula is C11H22O2S. The summed E-state index contributed by atoms with van der Waals surface area (Å²) in [6, 6.07) is 0. The molecule has 0 unspecified atom stereocenters. The van der Waals surface area contributed by atoms with Crippen LogP contribution in [0.25, 0.3) is 0 Å².